The van der Waals surface area contributed by atoms with E-state index < -0.39 is 50.4 Å². The Hall–Kier alpha value is -3.66. The fraction of sp³-hybridized carbons (Fsp3) is 0.333. The van der Waals surface area contributed by atoms with Gasteiger partial charge < -0.3 is 19.1 Å². The van der Waals surface area contributed by atoms with E-state index in [0.717, 1.165) is 18.2 Å². The highest BCUT2D eigenvalue weighted by atomic mass is 35.5. The third kappa shape index (κ3) is 6.59. The molecule has 1 N–H and O–H groups in total. The molecular weight excluding hydrogens is 671 g/mol. The van der Waals surface area contributed by atoms with Crippen LogP contribution in [0, 0.1) is 0 Å². The second-order valence-corrected chi connectivity index (χ2v) is 13.4. The van der Waals surface area contributed by atoms with E-state index in [2.05, 4.69) is 10.1 Å². The molecule has 3 aromatic rings. The molecule has 1 heterocycles. The molecule has 0 spiro atoms. The van der Waals surface area contributed by atoms with Gasteiger partial charge in [0.15, 0.2) is 11.3 Å². The molecule has 1 aliphatic heterocycles. The Morgan fingerprint density at radius 2 is 1.74 bits per heavy atom. The van der Waals surface area contributed by atoms with Crippen molar-refractivity contribution < 1.29 is 45.4 Å². The van der Waals surface area contributed by atoms with E-state index in [0.29, 0.717) is 10.1 Å². The number of ether oxygens (including phenoxy) is 3. The van der Waals surface area contributed by atoms with Crippen LogP contribution in [-0.2, 0) is 25.2 Å². The summed E-state index contributed by atoms with van der Waals surface area (Å²) in [6.45, 7) is 0. The van der Waals surface area contributed by atoms with Crippen molar-refractivity contribution in [2.24, 2.45) is 0 Å². The number of carbonyl (C=O) groups is 2. The lowest BCUT2D eigenvalue weighted by molar-refractivity contribution is -0.275. The molecule has 0 aromatic heterocycles. The molecular formula is C30H31ClF3N3O7S2. The predicted octanol–water partition coefficient (Wildman–Crippen LogP) is 5.03. The van der Waals surface area contributed by atoms with Crippen molar-refractivity contribution in [2.45, 2.75) is 29.3 Å². The summed E-state index contributed by atoms with van der Waals surface area (Å²) in [6, 6.07) is 12.0. The number of thioether (sulfide) groups is 1. The molecule has 2 atom stereocenters. The lowest BCUT2D eigenvalue weighted by atomic mass is 9.82. The molecule has 0 fully saturated rings. The first kappa shape index (κ1) is 35.2. The second kappa shape index (κ2) is 13.6. The van der Waals surface area contributed by atoms with Gasteiger partial charge in [-0.1, -0.05) is 29.8 Å². The van der Waals surface area contributed by atoms with Gasteiger partial charge >= 0.3 is 6.36 Å². The second-order valence-electron chi connectivity index (χ2n) is 10.3. The highest BCUT2D eigenvalue weighted by molar-refractivity contribution is 7.98. The van der Waals surface area contributed by atoms with Crippen molar-refractivity contribution in [1.82, 2.24) is 10.2 Å². The van der Waals surface area contributed by atoms with Crippen LogP contribution < -0.4 is 23.8 Å². The van der Waals surface area contributed by atoms with Gasteiger partial charge in [-0.15, -0.1) is 13.2 Å². The first-order valence-corrected chi connectivity index (χ1v) is 16.8. The van der Waals surface area contributed by atoms with E-state index in [4.69, 9.17) is 21.1 Å². The van der Waals surface area contributed by atoms with Gasteiger partial charge in [-0.25, -0.2) is 12.7 Å². The Bertz CT molecular complexity index is 1740. The number of para-hydroxylation sites is 1. The van der Waals surface area contributed by atoms with E-state index >= 15 is 0 Å². The van der Waals surface area contributed by atoms with Crippen LogP contribution in [-0.4, -0.2) is 77.9 Å². The maximum atomic E-state index is 15.0. The van der Waals surface area contributed by atoms with Crippen molar-refractivity contribution in [3.05, 3.63) is 76.8 Å². The number of rotatable bonds is 12. The van der Waals surface area contributed by atoms with Gasteiger partial charge in [0.2, 0.25) is 5.91 Å². The minimum absolute atomic E-state index is 0.0329. The van der Waals surface area contributed by atoms with Gasteiger partial charge in [-0.3, -0.25) is 14.9 Å². The van der Waals surface area contributed by atoms with Crippen LogP contribution in [0.3, 0.4) is 0 Å². The predicted molar refractivity (Wildman–Crippen MR) is 168 cm³/mol. The molecule has 10 nitrogen and oxygen atoms in total. The lowest BCUT2D eigenvalue weighted by Crippen LogP contribution is -2.59. The molecule has 1 unspecified atom stereocenters. The zero-order valence-corrected chi connectivity index (χ0v) is 27.7. The number of hydrogen-bond donors (Lipinski definition) is 1. The van der Waals surface area contributed by atoms with Crippen LogP contribution in [0.1, 0.15) is 17.5 Å². The Morgan fingerprint density at radius 1 is 1.04 bits per heavy atom. The average molecular weight is 702 g/mol. The topological polar surface area (TPSA) is 114 Å². The van der Waals surface area contributed by atoms with Crippen molar-refractivity contribution in [1.29, 1.82) is 0 Å². The van der Waals surface area contributed by atoms with Crippen molar-refractivity contribution in [3.8, 4) is 17.2 Å². The van der Waals surface area contributed by atoms with E-state index in [1.54, 1.807) is 18.2 Å². The Morgan fingerprint density at radius 3 is 2.35 bits per heavy atom. The first-order valence-electron chi connectivity index (χ1n) is 13.6. The van der Waals surface area contributed by atoms with Crippen LogP contribution in [0.2, 0.25) is 5.02 Å². The minimum Gasteiger partial charge on any atom is -0.497 e. The molecule has 0 saturated carbocycles. The molecule has 0 aliphatic carbocycles. The Labute approximate surface area is 273 Å². The number of methoxy groups -OCH3 is 2. The molecule has 0 saturated heterocycles. The third-order valence-electron chi connectivity index (χ3n) is 7.23. The number of alkyl halides is 3. The molecule has 46 heavy (non-hydrogen) atoms. The van der Waals surface area contributed by atoms with Crippen molar-refractivity contribution in [3.63, 3.8) is 0 Å². The number of hydrogen-bond acceptors (Lipinski definition) is 9. The summed E-state index contributed by atoms with van der Waals surface area (Å²) in [5.41, 5.74) is -2.15. The quantitative estimate of drug-likeness (QED) is 0.278. The van der Waals surface area contributed by atoms with E-state index in [-0.39, 0.29) is 39.8 Å². The maximum Gasteiger partial charge on any atom is 0.573 e. The molecule has 4 rings (SSSR count). The van der Waals surface area contributed by atoms with Gasteiger partial charge in [0.05, 0.1) is 25.9 Å². The number of carbonyl (C=O) groups excluding carboxylic acids is 2. The number of nitrogens with one attached hydrogen (secondary N) is 1. The molecule has 2 amide bonds. The number of benzene rings is 3. The molecule has 0 radical (unpaired) electrons. The number of sulfonamides is 1. The summed E-state index contributed by atoms with van der Waals surface area (Å²) in [4.78, 5) is 28.9. The van der Waals surface area contributed by atoms with E-state index in [1.165, 1.54) is 69.2 Å². The molecule has 3 aromatic carbocycles. The van der Waals surface area contributed by atoms with Gasteiger partial charge in [0.25, 0.3) is 15.9 Å². The monoisotopic (exact) mass is 701 g/mol. The van der Waals surface area contributed by atoms with Crippen LogP contribution in [0.4, 0.5) is 18.9 Å². The zero-order chi connectivity index (χ0) is 34.0. The Balaban J connectivity index is 2.06. The molecule has 16 heteroatoms. The number of halogens is 4. The van der Waals surface area contributed by atoms with Gasteiger partial charge in [0.1, 0.15) is 16.4 Å². The third-order valence-corrected chi connectivity index (χ3v) is 9.85. The van der Waals surface area contributed by atoms with E-state index in [9.17, 15) is 31.2 Å². The summed E-state index contributed by atoms with van der Waals surface area (Å²) in [5, 5.41) is 3.29. The average Bonchev–Trinajstić information content (AvgIpc) is 3.25. The van der Waals surface area contributed by atoms with E-state index in [1.807, 2.05) is 6.26 Å². The summed E-state index contributed by atoms with van der Waals surface area (Å²) in [5.74, 6) is -2.12. The number of nitrogens with zero attached hydrogens (tertiary/aromatic N) is 2. The fourth-order valence-electron chi connectivity index (χ4n) is 5.23. The van der Waals surface area contributed by atoms with Gasteiger partial charge in [-0.05, 0) is 54.8 Å². The van der Waals surface area contributed by atoms with Crippen molar-refractivity contribution in [2.75, 3.05) is 44.6 Å². The van der Waals surface area contributed by atoms with Crippen LogP contribution in [0.5, 0.6) is 17.2 Å². The maximum absolute atomic E-state index is 15.0. The summed E-state index contributed by atoms with van der Waals surface area (Å²) < 4.78 is 84.4. The number of fused-ring (bicyclic) bond motifs is 1. The Kier molecular flexibility index (Phi) is 10.4. The smallest absolute Gasteiger partial charge is 0.497 e. The summed E-state index contributed by atoms with van der Waals surface area (Å²) >= 11 is 7.88. The number of amides is 2. The van der Waals surface area contributed by atoms with Gasteiger partial charge in [0, 0.05) is 36.3 Å². The SMILES string of the molecule is COc1ccc(S(=O)(=O)N2C(=O)C(N[C@@H](CCSC)C(=O)N(C)C)(c3ccccc3OC)c3cc(Cl)ccc32)c(OC(F)(F)F)c1. The summed E-state index contributed by atoms with van der Waals surface area (Å²) in [6.07, 6.45) is -3.21. The largest absolute Gasteiger partial charge is 0.573 e. The fourth-order valence-corrected chi connectivity index (χ4v) is 7.44. The van der Waals surface area contributed by atoms with Crippen LogP contribution in [0.15, 0.2) is 65.6 Å². The number of likely N-dealkylation sites (N-methyl/N-ethyl adjacent to an activating group) is 1. The van der Waals surface area contributed by atoms with Crippen LogP contribution >= 0.6 is 23.4 Å². The minimum atomic E-state index is -5.28. The summed E-state index contributed by atoms with van der Waals surface area (Å²) in [7, 11) is 0.461. The standard InChI is InChI=1S/C30H31ClF3N3O7S2/c1-36(2)27(38)22(14-15-45-5)35-29(20-8-6-7-9-24(20)43-4)21-16-18(31)10-12-23(21)37(28(29)39)46(40,41)26-13-11-19(42-3)17-25(26)44-30(32,33)34/h6-13,16-17,22,35H,14-15H2,1-5H3/t22-,29?/m0/s1. The molecule has 0 bridgehead atoms. The molecule has 248 valence electrons. The normalized spacial score (nSPS) is 17.0. The van der Waals surface area contributed by atoms with Crippen LogP contribution in [0.25, 0.3) is 0 Å². The zero-order valence-electron chi connectivity index (χ0n) is 25.3. The number of anilines is 1. The lowest BCUT2D eigenvalue weighted by Gasteiger charge is -2.36. The van der Waals surface area contributed by atoms with Crippen molar-refractivity contribution >= 4 is 50.9 Å². The highest BCUT2D eigenvalue weighted by Crippen LogP contribution is 2.51. The first-order chi connectivity index (χ1) is 21.6. The van der Waals surface area contributed by atoms with Gasteiger partial charge in [-0.2, -0.15) is 11.8 Å². The highest BCUT2D eigenvalue weighted by Gasteiger charge is 2.59. The molecule has 1 aliphatic rings.